The summed E-state index contributed by atoms with van der Waals surface area (Å²) in [6, 6.07) is 5.32. The molecular weight excluding hydrogens is 392 g/mol. The van der Waals surface area contributed by atoms with Crippen molar-refractivity contribution < 1.29 is 13.2 Å². The summed E-state index contributed by atoms with van der Waals surface area (Å²) in [5, 5.41) is 1.06. The SMILES string of the molecule is CCC(CC)C(=O)N=C1S[C@@H]2CS(=O)(=O)C[C@H]2N1c1cc(Cl)ccc1C. The predicted octanol–water partition coefficient (Wildman–Crippen LogP) is 3.69. The number of fused-ring (bicyclic) bond motifs is 1. The first-order chi connectivity index (χ1) is 12.3. The Morgan fingerprint density at radius 3 is 2.69 bits per heavy atom. The number of carbonyl (C=O) groups excluding carboxylic acids is 1. The Hall–Kier alpha value is -1.05. The third-order valence-electron chi connectivity index (χ3n) is 5.04. The van der Waals surface area contributed by atoms with Crippen LogP contribution in [0.3, 0.4) is 0 Å². The fraction of sp³-hybridized carbons (Fsp3) is 0.556. The number of benzene rings is 1. The van der Waals surface area contributed by atoms with Gasteiger partial charge in [-0.3, -0.25) is 4.79 Å². The summed E-state index contributed by atoms with van der Waals surface area (Å²) in [7, 11) is -3.08. The molecule has 2 saturated heterocycles. The minimum atomic E-state index is -3.08. The van der Waals surface area contributed by atoms with Crippen LogP contribution in [0.4, 0.5) is 5.69 Å². The van der Waals surface area contributed by atoms with E-state index in [4.69, 9.17) is 11.6 Å². The van der Waals surface area contributed by atoms with Crippen LogP contribution in [0.2, 0.25) is 5.02 Å². The first kappa shape index (κ1) is 19.7. The Morgan fingerprint density at radius 2 is 2.04 bits per heavy atom. The van der Waals surface area contributed by atoms with Crippen molar-refractivity contribution in [1.29, 1.82) is 0 Å². The van der Waals surface area contributed by atoms with E-state index in [1.165, 1.54) is 11.8 Å². The van der Waals surface area contributed by atoms with E-state index in [1.807, 2.05) is 37.8 Å². The highest BCUT2D eigenvalue weighted by Gasteiger charge is 2.49. The van der Waals surface area contributed by atoms with Gasteiger partial charge in [0.05, 0.1) is 17.5 Å². The van der Waals surface area contributed by atoms with Crippen LogP contribution in [0, 0.1) is 12.8 Å². The molecule has 0 saturated carbocycles. The molecule has 2 aliphatic rings. The number of rotatable bonds is 4. The van der Waals surface area contributed by atoms with E-state index in [0.717, 1.165) is 24.1 Å². The molecule has 1 aromatic carbocycles. The number of carbonyl (C=O) groups is 1. The largest absolute Gasteiger partial charge is 0.315 e. The maximum atomic E-state index is 12.6. The van der Waals surface area contributed by atoms with Crippen LogP contribution in [0.25, 0.3) is 0 Å². The molecule has 2 heterocycles. The summed E-state index contributed by atoms with van der Waals surface area (Å²) in [6.45, 7) is 5.91. The van der Waals surface area contributed by atoms with Gasteiger partial charge in [0, 0.05) is 21.9 Å². The summed E-state index contributed by atoms with van der Waals surface area (Å²) in [6.07, 6.45) is 1.49. The molecule has 8 heteroatoms. The molecule has 1 amide bonds. The Balaban J connectivity index is 2.04. The van der Waals surface area contributed by atoms with Crippen molar-refractivity contribution in [2.75, 3.05) is 16.4 Å². The van der Waals surface area contributed by atoms with Gasteiger partial charge in [0.1, 0.15) is 0 Å². The van der Waals surface area contributed by atoms with Gasteiger partial charge in [-0.25, -0.2) is 8.42 Å². The van der Waals surface area contributed by atoms with Crippen LogP contribution in [0.1, 0.15) is 32.3 Å². The molecule has 5 nitrogen and oxygen atoms in total. The van der Waals surface area contributed by atoms with E-state index in [9.17, 15) is 13.2 Å². The highest BCUT2D eigenvalue weighted by molar-refractivity contribution is 8.16. The van der Waals surface area contributed by atoms with E-state index in [0.29, 0.717) is 10.2 Å². The molecular formula is C18H23ClN2O3S2. The Bertz CT molecular complexity index is 850. The monoisotopic (exact) mass is 414 g/mol. The summed E-state index contributed by atoms with van der Waals surface area (Å²) in [4.78, 5) is 18.9. The van der Waals surface area contributed by atoms with Crippen molar-refractivity contribution >= 4 is 50.0 Å². The Labute approximate surface area is 164 Å². The molecule has 0 bridgehead atoms. The Morgan fingerprint density at radius 1 is 1.35 bits per heavy atom. The van der Waals surface area contributed by atoms with Gasteiger partial charge in [-0.15, -0.1) is 0 Å². The van der Waals surface area contributed by atoms with Crippen molar-refractivity contribution in [2.45, 2.75) is 44.9 Å². The second-order valence-electron chi connectivity index (χ2n) is 6.85. The van der Waals surface area contributed by atoms with E-state index >= 15 is 0 Å². The molecule has 0 spiro atoms. The molecule has 0 radical (unpaired) electrons. The molecule has 2 atom stereocenters. The molecule has 26 heavy (non-hydrogen) atoms. The normalized spacial score (nSPS) is 25.9. The predicted molar refractivity (Wildman–Crippen MR) is 109 cm³/mol. The molecule has 0 aromatic heterocycles. The standard InChI is InChI=1S/C18H23ClN2O3S2/c1-4-12(5-2)17(22)20-18-21(14-8-13(19)7-6-11(14)3)15-9-26(23,24)10-16(15)25-18/h6-8,12,15-16H,4-5,9-10H2,1-3H3/t15-,16-/m1/s1. The smallest absolute Gasteiger partial charge is 0.251 e. The molecule has 2 aliphatic heterocycles. The van der Waals surface area contributed by atoms with Crippen molar-refractivity contribution in [3.63, 3.8) is 0 Å². The van der Waals surface area contributed by atoms with Crippen molar-refractivity contribution in [3.05, 3.63) is 28.8 Å². The van der Waals surface area contributed by atoms with Crippen LogP contribution in [0.15, 0.2) is 23.2 Å². The zero-order chi connectivity index (χ0) is 19.1. The van der Waals surface area contributed by atoms with Crippen LogP contribution >= 0.6 is 23.4 Å². The average Bonchev–Trinajstić information content (AvgIpc) is 3.02. The van der Waals surface area contributed by atoms with Gasteiger partial charge in [0.2, 0.25) is 0 Å². The number of aliphatic imine (C=N–C) groups is 1. The summed E-state index contributed by atoms with van der Waals surface area (Å²) in [5.41, 5.74) is 1.80. The second-order valence-corrected chi connectivity index (χ2v) is 10.6. The number of aryl methyl sites for hydroxylation is 1. The number of thioether (sulfide) groups is 1. The number of halogens is 1. The van der Waals surface area contributed by atoms with E-state index in [2.05, 4.69) is 4.99 Å². The van der Waals surface area contributed by atoms with E-state index in [1.54, 1.807) is 6.07 Å². The number of nitrogens with zero attached hydrogens (tertiary/aromatic N) is 2. The summed E-state index contributed by atoms with van der Waals surface area (Å²) >= 11 is 7.59. The first-order valence-corrected chi connectivity index (χ1v) is 11.9. The van der Waals surface area contributed by atoms with Gasteiger partial charge >= 0.3 is 0 Å². The van der Waals surface area contributed by atoms with Crippen LogP contribution in [0.5, 0.6) is 0 Å². The number of anilines is 1. The molecule has 0 aliphatic carbocycles. The van der Waals surface area contributed by atoms with Crippen molar-refractivity contribution in [2.24, 2.45) is 10.9 Å². The number of amides is 1. The maximum Gasteiger partial charge on any atom is 0.251 e. The lowest BCUT2D eigenvalue weighted by molar-refractivity contribution is -0.121. The van der Waals surface area contributed by atoms with Gasteiger partial charge in [-0.05, 0) is 37.5 Å². The molecule has 1 aromatic rings. The van der Waals surface area contributed by atoms with E-state index in [-0.39, 0.29) is 34.6 Å². The summed E-state index contributed by atoms with van der Waals surface area (Å²) in [5.74, 6) is -0.0366. The lowest BCUT2D eigenvalue weighted by Crippen LogP contribution is -2.38. The third kappa shape index (κ3) is 3.80. The van der Waals surface area contributed by atoms with Crippen molar-refractivity contribution in [1.82, 2.24) is 0 Å². The minimum absolute atomic E-state index is 0.0782. The minimum Gasteiger partial charge on any atom is -0.315 e. The lowest BCUT2D eigenvalue weighted by atomic mass is 10.0. The number of hydrogen-bond donors (Lipinski definition) is 0. The van der Waals surface area contributed by atoms with Gasteiger partial charge < -0.3 is 4.90 Å². The fourth-order valence-corrected chi connectivity index (χ4v) is 7.59. The third-order valence-corrected chi connectivity index (χ3v) is 8.48. The quantitative estimate of drug-likeness (QED) is 0.751. The average molecular weight is 415 g/mol. The Kier molecular flexibility index (Phi) is 5.70. The topological polar surface area (TPSA) is 66.8 Å². The number of hydrogen-bond acceptors (Lipinski definition) is 4. The van der Waals surface area contributed by atoms with Crippen molar-refractivity contribution in [3.8, 4) is 0 Å². The number of sulfone groups is 1. The van der Waals surface area contributed by atoms with Crippen LogP contribution in [-0.4, -0.2) is 42.3 Å². The highest BCUT2D eigenvalue weighted by atomic mass is 35.5. The van der Waals surface area contributed by atoms with E-state index < -0.39 is 9.84 Å². The fourth-order valence-electron chi connectivity index (χ4n) is 3.51. The van der Waals surface area contributed by atoms with Gasteiger partial charge in [-0.1, -0.05) is 43.3 Å². The first-order valence-electron chi connectivity index (χ1n) is 8.80. The van der Waals surface area contributed by atoms with Crippen LogP contribution in [-0.2, 0) is 14.6 Å². The van der Waals surface area contributed by atoms with Crippen LogP contribution < -0.4 is 4.90 Å². The van der Waals surface area contributed by atoms with Gasteiger partial charge in [0.25, 0.3) is 5.91 Å². The number of amidine groups is 1. The molecule has 0 N–H and O–H groups in total. The van der Waals surface area contributed by atoms with Gasteiger partial charge in [-0.2, -0.15) is 4.99 Å². The molecule has 2 fully saturated rings. The molecule has 3 rings (SSSR count). The zero-order valence-corrected chi connectivity index (χ0v) is 17.5. The van der Waals surface area contributed by atoms with Gasteiger partial charge in [0.15, 0.2) is 15.0 Å². The maximum absolute atomic E-state index is 12.6. The highest BCUT2D eigenvalue weighted by Crippen LogP contribution is 2.42. The zero-order valence-electron chi connectivity index (χ0n) is 15.1. The second kappa shape index (κ2) is 7.52. The molecule has 0 unspecified atom stereocenters. The molecule has 142 valence electrons. The summed E-state index contributed by atoms with van der Waals surface area (Å²) < 4.78 is 24.3. The lowest BCUT2D eigenvalue weighted by Gasteiger charge is -2.26.